The second kappa shape index (κ2) is 12.3. The van der Waals surface area contributed by atoms with Gasteiger partial charge >= 0.3 is 0 Å². The van der Waals surface area contributed by atoms with Crippen LogP contribution >= 0.6 is 0 Å². The molecule has 0 aliphatic carbocycles. The fourth-order valence-corrected chi connectivity index (χ4v) is 7.97. The molecule has 0 saturated carbocycles. The summed E-state index contributed by atoms with van der Waals surface area (Å²) in [5.41, 5.74) is 4.16. The summed E-state index contributed by atoms with van der Waals surface area (Å²) in [6, 6.07) is 34.8. The van der Waals surface area contributed by atoms with E-state index in [-0.39, 0.29) is 61.7 Å². The average Bonchev–Trinajstić information content (AvgIpc) is 4.05. The first-order chi connectivity index (χ1) is 32.5. The average molecular weight is 740 g/mol. The molecule has 0 aliphatic rings. The monoisotopic (exact) mass is 739 g/mol. The van der Waals surface area contributed by atoms with Crippen LogP contribution in [0, 0.1) is 0 Å². The van der Waals surface area contributed by atoms with Crippen molar-refractivity contribution >= 4 is 65.6 Å². The van der Waals surface area contributed by atoms with Gasteiger partial charge in [-0.2, -0.15) is 0 Å². The maximum atomic E-state index is 9.66. The lowest BCUT2D eigenvalue weighted by Gasteiger charge is -2.12. The molecule has 0 radical (unpaired) electrons. The topological polar surface area (TPSA) is 61.7 Å². The molecule has 6 heteroatoms. The number of benzene rings is 8. The van der Waals surface area contributed by atoms with Gasteiger partial charge in [0.2, 0.25) is 0 Å². The van der Waals surface area contributed by atoms with Gasteiger partial charge in [-0.3, -0.25) is 0 Å². The highest BCUT2D eigenvalue weighted by Gasteiger charge is 2.24. The van der Waals surface area contributed by atoms with Crippen molar-refractivity contribution in [3.63, 3.8) is 0 Å². The van der Waals surface area contributed by atoms with Crippen LogP contribution in [0.1, 0.15) is 13.7 Å². The van der Waals surface area contributed by atoms with E-state index < -0.39 is 42.3 Å². The van der Waals surface area contributed by atoms with Crippen molar-refractivity contribution in [2.45, 2.75) is 0 Å². The molecule has 12 rings (SSSR count). The van der Waals surface area contributed by atoms with Gasteiger partial charge in [0.1, 0.15) is 5.58 Å². The van der Waals surface area contributed by atoms with Crippen LogP contribution in [0.2, 0.25) is 0 Å². The van der Waals surface area contributed by atoms with E-state index in [1.54, 1.807) is 51.6 Å². The Balaban J connectivity index is 1.26. The van der Waals surface area contributed by atoms with Crippen LogP contribution in [-0.4, -0.2) is 24.1 Å². The van der Waals surface area contributed by atoms with Crippen molar-refractivity contribution < 1.29 is 18.1 Å². The highest BCUT2D eigenvalue weighted by Crippen LogP contribution is 2.44. The summed E-state index contributed by atoms with van der Waals surface area (Å²) in [4.78, 5) is 14.8. The van der Waals surface area contributed by atoms with Gasteiger partial charge < -0.3 is 13.6 Å². The van der Waals surface area contributed by atoms with E-state index in [0.717, 1.165) is 11.1 Å². The second-order valence-corrected chi connectivity index (χ2v) is 13.6. The Bertz CT molecular complexity index is 4040. The van der Waals surface area contributed by atoms with E-state index in [0.29, 0.717) is 56.3 Å². The number of rotatable bonds is 5. The quantitative estimate of drug-likeness (QED) is 0.176. The maximum Gasteiger partial charge on any atom is 0.167 e. The van der Waals surface area contributed by atoms with Crippen LogP contribution in [0.4, 0.5) is 0 Å². The van der Waals surface area contributed by atoms with Gasteiger partial charge in [-0.25, -0.2) is 15.0 Å². The van der Waals surface area contributed by atoms with E-state index in [2.05, 4.69) is 0 Å². The third-order valence-electron chi connectivity index (χ3n) is 10.4. The molecule has 0 amide bonds. The van der Waals surface area contributed by atoms with Crippen molar-refractivity contribution in [1.82, 2.24) is 24.1 Å². The lowest BCUT2D eigenvalue weighted by atomic mass is 10.1. The molecule has 0 N–H and O–H groups in total. The van der Waals surface area contributed by atoms with Crippen LogP contribution < -0.4 is 0 Å². The molecule has 0 unspecified atom stereocenters. The summed E-state index contributed by atoms with van der Waals surface area (Å²) in [6.07, 6.45) is 0. The number of nitrogens with zero attached hydrogens (tertiary/aromatic N) is 5. The molecule has 0 spiro atoms. The van der Waals surface area contributed by atoms with E-state index in [1.807, 2.05) is 84.9 Å². The largest absolute Gasteiger partial charge is 0.453 e. The van der Waals surface area contributed by atoms with Crippen LogP contribution in [0.3, 0.4) is 0 Å². The Kier molecular flexibility index (Phi) is 5.02. The van der Waals surface area contributed by atoms with Crippen LogP contribution in [-0.2, 0) is 0 Å². The normalized spacial score (nSPS) is 14.3. The van der Waals surface area contributed by atoms with Gasteiger partial charge in [-0.1, -0.05) is 151 Å². The van der Waals surface area contributed by atoms with E-state index in [9.17, 15) is 8.22 Å². The van der Waals surface area contributed by atoms with Crippen LogP contribution in [0.5, 0.6) is 0 Å². The van der Waals surface area contributed by atoms with Crippen LogP contribution in [0.25, 0.3) is 111 Å². The maximum absolute atomic E-state index is 9.66. The fourth-order valence-electron chi connectivity index (χ4n) is 7.97. The predicted molar refractivity (Wildman–Crippen MR) is 232 cm³/mol. The summed E-state index contributed by atoms with van der Waals surface area (Å²) in [7, 11) is 0. The summed E-state index contributed by atoms with van der Waals surface area (Å²) in [6.45, 7) is 0. The minimum Gasteiger partial charge on any atom is -0.453 e. The van der Waals surface area contributed by atoms with Gasteiger partial charge in [0.25, 0.3) is 0 Å². The third-order valence-corrected chi connectivity index (χ3v) is 10.4. The first-order valence-corrected chi connectivity index (χ1v) is 18.3. The molecule has 12 aromatic rings. The number of furan rings is 1. The number of hydrogen-bond donors (Lipinski definition) is 0. The van der Waals surface area contributed by atoms with Gasteiger partial charge in [-0.05, 0) is 36.4 Å². The molecule has 0 atom stereocenters. The number of hydrogen-bond acceptors (Lipinski definition) is 4. The fraction of sp³-hybridized carbons (Fsp3) is 0. The van der Waals surface area contributed by atoms with E-state index in [4.69, 9.17) is 24.9 Å². The molecule has 4 heterocycles. The van der Waals surface area contributed by atoms with Crippen molar-refractivity contribution in [2.24, 2.45) is 0 Å². The zero-order chi connectivity index (χ0) is 46.2. The summed E-state index contributed by atoms with van der Waals surface area (Å²) in [5.74, 6) is 1.26. The molecule has 0 bridgehead atoms. The van der Waals surface area contributed by atoms with Crippen molar-refractivity contribution in [2.75, 3.05) is 0 Å². The van der Waals surface area contributed by atoms with Gasteiger partial charge in [0, 0.05) is 49.1 Å². The smallest absolute Gasteiger partial charge is 0.167 e. The molecule has 0 aliphatic heterocycles. The molecule has 0 saturated heterocycles. The van der Waals surface area contributed by atoms with E-state index in [1.165, 1.54) is 0 Å². The highest BCUT2D eigenvalue weighted by atomic mass is 16.3. The lowest BCUT2D eigenvalue weighted by Crippen LogP contribution is -2.00. The van der Waals surface area contributed by atoms with Gasteiger partial charge in [0.15, 0.2) is 23.1 Å². The standard InChI is InChI=1S/C51H31N5O/c1-4-16-32(17-5-1)49-52-50(33-18-6-2-7-19-33)54-51(53-49)41-26-14-24-39-40-25-15-29-44(48(40)57-47(39)41)56-43-28-13-11-23-36(43)38-31-30-37-35-22-10-12-27-42(35)55(45(37)46(38)56)34-20-8-3-9-21-34/h1-31H/i10D,11D,12D,13D,22D,23D,27D,28D,30D,31D. The Morgan fingerprint density at radius 2 is 0.912 bits per heavy atom. The van der Waals surface area contributed by atoms with Crippen molar-refractivity contribution in [1.29, 1.82) is 0 Å². The highest BCUT2D eigenvalue weighted by molar-refractivity contribution is 6.24. The Morgan fingerprint density at radius 3 is 1.54 bits per heavy atom. The molecular formula is C51H31N5O. The molecular weight excluding hydrogens is 699 g/mol. The molecule has 0 fully saturated rings. The van der Waals surface area contributed by atoms with Crippen molar-refractivity contribution in [3.8, 4) is 45.5 Å². The zero-order valence-electron chi connectivity index (χ0n) is 39.8. The van der Waals surface area contributed by atoms with Crippen molar-refractivity contribution in [3.05, 3.63) is 188 Å². The number of para-hydroxylation sites is 5. The SMILES string of the molecule is [2H]c1c([2H])c([2H])c2c(c1[2H])c1c([2H])c([2H])c3c4c([2H])c([2H])c([2H])c([2H])c4n(-c4cccc5c4oc4c(-c6nc(-c7ccccc7)nc(-c7ccccc7)n6)cccc45)c3c1n2-c1ccccc1. The minimum absolute atomic E-state index is 0.00769. The number of fused-ring (bicyclic) bond motifs is 10. The minimum atomic E-state index is -0.528. The van der Waals surface area contributed by atoms with Gasteiger partial charge in [0.05, 0.1) is 47.0 Å². The zero-order valence-corrected chi connectivity index (χ0v) is 29.8. The first kappa shape index (κ1) is 23.2. The molecule has 4 aromatic heterocycles. The molecule has 8 aromatic carbocycles. The summed E-state index contributed by atoms with van der Waals surface area (Å²) < 4.78 is 102. The Hall–Kier alpha value is -7.83. The van der Waals surface area contributed by atoms with Crippen LogP contribution in [0.15, 0.2) is 192 Å². The second-order valence-electron chi connectivity index (χ2n) is 13.6. The first-order valence-electron chi connectivity index (χ1n) is 23.3. The predicted octanol–water partition coefficient (Wildman–Crippen LogP) is 13.0. The van der Waals surface area contributed by atoms with Gasteiger partial charge in [-0.15, -0.1) is 0 Å². The third kappa shape index (κ3) is 4.74. The summed E-state index contributed by atoms with van der Waals surface area (Å²) >= 11 is 0. The lowest BCUT2D eigenvalue weighted by molar-refractivity contribution is 0.667. The Morgan fingerprint density at radius 1 is 0.404 bits per heavy atom. The molecule has 266 valence electrons. The molecule has 6 nitrogen and oxygen atoms in total. The number of aromatic nitrogens is 5. The Labute approximate surface area is 340 Å². The molecule has 57 heavy (non-hydrogen) atoms. The van der Waals surface area contributed by atoms with E-state index >= 15 is 0 Å². The summed E-state index contributed by atoms with van der Waals surface area (Å²) in [5, 5.41) is 1.45.